The first kappa shape index (κ1) is 25.2. The molecule has 0 fully saturated rings. The van der Waals surface area contributed by atoms with Gasteiger partial charge in [0.05, 0.1) is 14.2 Å². The molecule has 1 N–H and O–H groups in total. The minimum Gasteiger partial charge on any atom is -0.494 e. The van der Waals surface area contributed by atoms with E-state index in [9.17, 15) is 4.79 Å². The molecule has 0 aliphatic heterocycles. The van der Waals surface area contributed by atoms with Crippen LogP contribution in [0.1, 0.15) is 67.8 Å². The number of anilines is 1. The Morgan fingerprint density at radius 2 is 1.51 bits per heavy atom. The fraction of sp³-hybridized carbons (Fsp3) is 0.393. The van der Waals surface area contributed by atoms with Crippen LogP contribution in [0.4, 0.5) is 5.69 Å². The zero-order valence-corrected chi connectivity index (χ0v) is 22.9. The number of ether oxygens (including phenoxy) is 3. The maximum Gasteiger partial charge on any atom is 0.305 e. The number of benzene rings is 2. The van der Waals surface area contributed by atoms with E-state index in [0.717, 1.165) is 18.4 Å². The van der Waals surface area contributed by atoms with Gasteiger partial charge in [-0.2, -0.15) is 0 Å². The number of methoxy groups -OCH3 is 2. The largest absolute Gasteiger partial charge is 0.494 e. The third kappa shape index (κ3) is 4.79. The van der Waals surface area contributed by atoms with Gasteiger partial charge in [-0.15, -0.1) is 0 Å². The second-order valence-corrected chi connectivity index (χ2v) is 11.1. The van der Waals surface area contributed by atoms with E-state index in [1.807, 2.05) is 6.92 Å². The molecule has 1 aliphatic rings. The van der Waals surface area contributed by atoms with E-state index in [1.54, 1.807) is 24.3 Å². The van der Waals surface area contributed by atoms with Gasteiger partial charge in [-0.1, -0.05) is 39.8 Å². The molecule has 3 aromatic rings. The van der Waals surface area contributed by atoms with Gasteiger partial charge in [-0.25, -0.2) is 0 Å². The number of furan rings is 1. The van der Waals surface area contributed by atoms with Crippen LogP contribution in [-0.2, 0) is 10.8 Å². The minimum atomic E-state index is -0.451. The molecule has 1 aliphatic carbocycles. The lowest BCUT2D eigenvalue weighted by Gasteiger charge is -2.42. The molecule has 186 valence electrons. The predicted octanol–water partition coefficient (Wildman–Crippen LogP) is 7.76. The second kappa shape index (κ2) is 9.26. The molecule has 0 radical (unpaired) electrons. The normalized spacial score (nSPS) is 15.8. The Morgan fingerprint density at radius 3 is 2.09 bits per heavy atom. The Kier molecular flexibility index (Phi) is 6.66. The minimum absolute atomic E-state index is 0.0515. The monoisotopic (exact) mass is 541 g/mol. The highest BCUT2D eigenvalue weighted by Crippen LogP contribution is 2.48. The Bertz CT molecular complexity index is 1250. The van der Waals surface area contributed by atoms with Crippen LogP contribution in [-0.4, -0.2) is 20.1 Å². The predicted molar refractivity (Wildman–Crippen MR) is 140 cm³/mol. The van der Waals surface area contributed by atoms with Crippen LogP contribution in [0.3, 0.4) is 0 Å². The number of aryl methyl sites for hydroxylation is 1. The van der Waals surface area contributed by atoms with Gasteiger partial charge in [0.1, 0.15) is 27.4 Å². The first-order chi connectivity index (χ1) is 16.5. The fourth-order valence-corrected chi connectivity index (χ4v) is 4.96. The fourth-order valence-electron chi connectivity index (χ4n) is 4.60. The third-order valence-electron chi connectivity index (χ3n) is 6.90. The summed E-state index contributed by atoms with van der Waals surface area (Å²) in [7, 11) is 3.06. The van der Waals surface area contributed by atoms with E-state index in [1.165, 1.54) is 25.3 Å². The molecule has 0 atom stereocenters. The molecule has 7 heteroatoms. The molecular weight excluding hydrogens is 510 g/mol. The maximum absolute atomic E-state index is 13.0. The molecule has 0 unspecified atom stereocenters. The van der Waals surface area contributed by atoms with Crippen LogP contribution in [0.25, 0.3) is 0 Å². The number of carbonyl (C=O) groups is 1. The van der Waals surface area contributed by atoms with Gasteiger partial charge in [-0.05, 0) is 81.4 Å². The van der Waals surface area contributed by atoms with Gasteiger partial charge in [0, 0.05) is 6.07 Å². The van der Waals surface area contributed by atoms with Crippen molar-refractivity contribution in [1.29, 1.82) is 0 Å². The number of halogens is 1. The van der Waals surface area contributed by atoms with Crippen molar-refractivity contribution in [2.75, 3.05) is 19.5 Å². The molecule has 1 amide bonds. The van der Waals surface area contributed by atoms with Crippen molar-refractivity contribution >= 4 is 27.5 Å². The van der Waals surface area contributed by atoms with Gasteiger partial charge >= 0.3 is 5.95 Å². The van der Waals surface area contributed by atoms with Crippen molar-refractivity contribution in [1.82, 2.24) is 0 Å². The number of hydrogen-bond acceptors (Lipinski definition) is 5. The molecule has 4 rings (SSSR count). The van der Waals surface area contributed by atoms with E-state index in [0.29, 0.717) is 27.4 Å². The highest BCUT2D eigenvalue weighted by Gasteiger charge is 2.37. The first-order valence-corrected chi connectivity index (χ1v) is 12.4. The Morgan fingerprint density at radius 1 is 0.943 bits per heavy atom. The number of rotatable bonds is 6. The van der Waals surface area contributed by atoms with Crippen LogP contribution < -0.4 is 19.5 Å². The Hall–Kier alpha value is -2.93. The molecular formula is C28H32BrNO5. The Labute approximate surface area is 215 Å². The number of hydrogen-bond donors (Lipinski definition) is 1. The van der Waals surface area contributed by atoms with Gasteiger partial charge in [-0.3, -0.25) is 4.79 Å². The highest BCUT2D eigenvalue weighted by molar-refractivity contribution is 9.10. The summed E-state index contributed by atoms with van der Waals surface area (Å²) in [6, 6.07) is 11.2. The Balaban J connectivity index is 1.63. The smallest absolute Gasteiger partial charge is 0.305 e. The van der Waals surface area contributed by atoms with Crippen molar-refractivity contribution < 1.29 is 23.4 Å². The summed E-state index contributed by atoms with van der Waals surface area (Å²) in [6.07, 6.45) is 2.25. The maximum atomic E-state index is 13.0. The standard InChI is InChI=1S/C28H32BrNO5/c1-16-13-17-18(28(4,5)12-11-27(17,2)3)14-22(16)34-26-19(29)15-23(35-26)25(31)30-24-20(32-6)9-8-10-21(24)33-7/h8-10,13-15H,11-12H2,1-7H3,(H,30,31). The molecule has 2 aromatic carbocycles. The lowest BCUT2D eigenvalue weighted by atomic mass is 9.63. The number of carbonyl (C=O) groups excluding carboxylic acids is 1. The van der Waals surface area contributed by atoms with Crippen LogP contribution >= 0.6 is 15.9 Å². The summed E-state index contributed by atoms with van der Waals surface area (Å²) in [5.74, 6) is 1.54. The molecule has 1 aromatic heterocycles. The van der Waals surface area contributed by atoms with Crippen molar-refractivity contribution in [2.24, 2.45) is 0 Å². The average Bonchev–Trinajstić information content (AvgIpc) is 3.18. The molecule has 35 heavy (non-hydrogen) atoms. The van der Waals surface area contributed by atoms with Gasteiger partial charge in [0.15, 0.2) is 5.76 Å². The topological polar surface area (TPSA) is 69.9 Å². The lowest BCUT2D eigenvalue weighted by Crippen LogP contribution is -2.33. The number of fused-ring (bicyclic) bond motifs is 1. The summed E-state index contributed by atoms with van der Waals surface area (Å²) in [4.78, 5) is 13.0. The summed E-state index contributed by atoms with van der Waals surface area (Å²) in [5, 5.41) is 2.81. The van der Waals surface area contributed by atoms with Crippen LogP contribution in [0, 0.1) is 6.92 Å². The third-order valence-corrected chi connectivity index (χ3v) is 7.45. The first-order valence-electron chi connectivity index (χ1n) is 11.6. The van der Waals surface area contributed by atoms with E-state index in [-0.39, 0.29) is 22.5 Å². The highest BCUT2D eigenvalue weighted by atomic mass is 79.9. The molecule has 0 bridgehead atoms. The molecule has 0 saturated heterocycles. The summed E-state index contributed by atoms with van der Waals surface area (Å²) in [6.45, 7) is 11.2. The van der Waals surface area contributed by atoms with Crippen molar-refractivity contribution in [3.63, 3.8) is 0 Å². The summed E-state index contributed by atoms with van der Waals surface area (Å²) >= 11 is 3.48. The van der Waals surface area contributed by atoms with E-state index >= 15 is 0 Å². The number of para-hydroxylation sites is 1. The quantitative estimate of drug-likeness (QED) is 0.345. The van der Waals surface area contributed by atoms with Crippen LogP contribution in [0.5, 0.6) is 23.2 Å². The lowest BCUT2D eigenvalue weighted by molar-refractivity contribution is 0.0991. The van der Waals surface area contributed by atoms with E-state index in [4.69, 9.17) is 18.6 Å². The van der Waals surface area contributed by atoms with Crippen LogP contribution in [0.15, 0.2) is 45.3 Å². The molecule has 1 heterocycles. The van der Waals surface area contributed by atoms with Crippen molar-refractivity contribution in [2.45, 2.75) is 58.3 Å². The molecule has 0 spiro atoms. The molecule has 6 nitrogen and oxygen atoms in total. The van der Waals surface area contributed by atoms with E-state index < -0.39 is 5.91 Å². The SMILES string of the molecule is COc1cccc(OC)c1NC(=O)c1cc(Br)c(Oc2cc3c(cc2C)C(C)(C)CCC3(C)C)o1. The van der Waals surface area contributed by atoms with Crippen molar-refractivity contribution in [3.05, 3.63) is 63.3 Å². The van der Waals surface area contributed by atoms with Gasteiger partial charge in [0.2, 0.25) is 0 Å². The number of nitrogens with one attached hydrogen (secondary N) is 1. The van der Waals surface area contributed by atoms with Gasteiger partial charge < -0.3 is 23.9 Å². The zero-order valence-electron chi connectivity index (χ0n) is 21.3. The second-order valence-electron chi connectivity index (χ2n) is 10.3. The molecule has 0 saturated carbocycles. The summed E-state index contributed by atoms with van der Waals surface area (Å²) < 4.78 is 23.3. The zero-order chi connectivity index (χ0) is 25.5. The van der Waals surface area contributed by atoms with E-state index in [2.05, 4.69) is 61.1 Å². The van der Waals surface area contributed by atoms with Crippen molar-refractivity contribution in [3.8, 4) is 23.2 Å². The van der Waals surface area contributed by atoms with Gasteiger partial charge in [0.25, 0.3) is 5.91 Å². The summed E-state index contributed by atoms with van der Waals surface area (Å²) in [5.41, 5.74) is 4.26. The van der Waals surface area contributed by atoms with Crippen LogP contribution in [0.2, 0.25) is 0 Å². The number of amides is 1. The average molecular weight is 542 g/mol.